The molecule has 2 aromatic carbocycles. The normalized spacial score (nSPS) is 11.0. The zero-order valence-corrected chi connectivity index (χ0v) is 25.5. The van der Waals surface area contributed by atoms with Gasteiger partial charge >= 0.3 is 10.3 Å². The third-order valence-electron chi connectivity index (χ3n) is 5.74. The molecule has 0 saturated carbocycles. The van der Waals surface area contributed by atoms with E-state index in [0.717, 1.165) is 46.1 Å². The summed E-state index contributed by atoms with van der Waals surface area (Å²) in [5, 5.41) is 23.0. The molecule has 0 aliphatic carbocycles. The molecule has 0 atom stereocenters. The molecule has 2 heterocycles. The molecular weight excluding hydrogens is 575 g/mol. The number of aryl methyl sites for hydroxylation is 2. The van der Waals surface area contributed by atoms with Gasteiger partial charge in [0.05, 0.1) is 37.5 Å². The van der Waals surface area contributed by atoms with Gasteiger partial charge in [-0.3, -0.25) is 0 Å². The van der Waals surface area contributed by atoms with Crippen LogP contribution in [-0.2, 0) is 18.8 Å². The molecular formula is C26H32Cl2N8OS2. The third kappa shape index (κ3) is 9.63. The van der Waals surface area contributed by atoms with Crippen LogP contribution in [0.1, 0.15) is 0 Å². The highest BCUT2D eigenvalue weighted by molar-refractivity contribution is 7.13. The van der Waals surface area contributed by atoms with Gasteiger partial charge in [-0.15, -0.1) is 0 Å². The van der Waals surface area contributed by atoms with Crippen LogP contribution >= 0.6 is 22.7 Å². The highest BCUT2D eigenvalue weighted by Gasteiger charge is 2.09. The van der Waals surface area contributed by atoms with Crippen molar-refractivity contribution < 1.29 is 38.7 Å². The maximum Gasteiger partial charge on any atom is 0.408 e. The third-order valence-corrected chi connectivity index (χ3v) is 7.42. The van der Waals surface area contributed by atoms with Crippen LogP contribution in [0, 0.1) is 0 Å². The van der Waals surface area contributed by atoms with Crippen molar-refractivity contribution in [3.8, 4) is 0 Å². The van der Waals surface area contributed by atoms with Crippen LogP contribution in [0.4, 0.5) is 33.0 Å². The second kappa shape index (κ2) is 16.2. The van der Waals surface area contributed by atoms with E-state index in [1.807, 2.05) is 70.6 Å². The quantitative estimate of drug-likeness (QED) is 0.128. The molecule has 0 unspecified atom stereocenters. The van der Waals surface area contributed by atoms with Crippen LogP contribution < -0.4 is 43.7 Å². The van der Waals surface area contributed by atoms with Crippen LogP contribution in [0.3, 0.4) is 0 Å². The first kappa shape index (κ1) is 32.3. The van der Waals surface area contributed by atoms with Crippen LogP contribution in [0.15, 0.2) is 92.1 Å². The van der Waals surface area contributed by atoms with Gasteiger partial charge in [-0.25, -0.2) is 9.13 Å². The maximum atomic E-state index is 5.89. The van der Waals surface area contributed by atoms with Gasteiger partial charge in [0.2, 0.25) is 0 Å². The predicted molar refractivity (Wildman–Crippen MR) is 150 cm³/mol. The standard InChI is InChI=1S/C26H32N8OS2.2ClH/c1-31(23-9-5-21(6-10-23)27-29-25-33(3)15-19-36-25)13-17-35-18-14-32(2)24-11-7-22(8-12-24)28-30-26-34(4)16-20-37-26;;/h5-12,15-16,19-20H,13-14,17-18H2,1-4H3;2*1H/q+2;;/p-2. The number of benzene rings is 2. The van der Waals surface area contributed by atoms with Crippen molar-refractivity contribution >= 4 is 55.7 Å². The fraction of sp³-hybridized carbons (Fsp3) is 0.308. The minimum atomic E-state index is 0. The SMILES string of the molecule is CN(CCOCCN(C)c1ccc(N=Nc2scc[n+]2C)cc1)c1ccc(N=Nc2scc[n+]2C)cc1.[Cl-].[Cl-]. The highest BCUT2D eigenvalue weighted by Crippen LogP contribution is 2.23. The van der Waals surface area contributed by atoms with Gasteiger partial charge < -0.3 is 39.4 Å². The molecule has 2 aromatic heterocycles. The van der Waals surface area contributed by atoms with Crippen LogP contribution in [0.25, 0.3) is 0 Å². The number of azo groups is 2. The largest absolute Gasteiger partial charge is 1.00 e. The summed E-state index contributed by atoms with van der Waals surface area (Å²) in [7, 11) is 8.05. The Morgan fingerprint density at radius 2 is 1.03 bits per heavy atom. The fourth-order valence-electron chi connectivity index (χ4n) is 3.36. The maximum absolute atomic E-state index is 5.89. The highest BCUT2D eigenvalue weighted by atomic mass is 35.5. The number of ether oxygens (including phenoxy) is 1. The molecule has 9 nitrogen and oxygen atoms in total. The number of thiazole rings is 2. The molecule has 0 fully saturated rings. The van der Waals surface area contributed by atoms with Crippen LogP contribution in [0.5, 0.6) is 0 Å². The number of likely N-dealkylation sites (N-methyl/N-ethyl adjacent to an activating group) is 2. The first-order valence-electron chi connectivity index (χ1n) is 11.9. The lowest BCUT2D eigenvalue weighted by molar-refractivity contribution is -0.654. The van der Waals surface area contributed by atoms with E-state index in [4.69, 9.17) is 4.74 Å². The van der Waals surface area contributed by atoms with Gasteiger partial charge in [-0.2, -0.15) is 0 Å². The molecule has 4 aromatic rings. The summed E-state index contributed by atoms with van der Waals surface area (Å²) in [5.41, 5.74) is 3.90. The van der Waals surface area contributed by atoms with Crippen molar-refractivity contribution in [3.63, 3.8) is 0 Å². The van der Waals surface area contributed by atoms with Gasteiger partial charge in [0.15, 0.2) is 0 Å². The summed E-state index contributed by atoms with van der Waals surface area (Å²) in [4.78, 5) is 4.35. The van der Waals surface area contributed by atoms with Crippen molar-refractivity contribution in [2.75, 3.05) is 50.2 Å². The Morgan fingerprint density at radius 3 is 1.36 bits per heavy atom. The molecule has 0 amide bonds. The van der Waals surface area contributed by atoms with Gasteiger partial charge in [0.1, 0.15) is 23.8 Å². The molecule has 4 rings (SSSR count). The summed E-state index contributed by atoms with van der Waals surface area (Å²) >= 11 is 3.12. The minimum Gasteiger partial charge on any atom is -1.00 e. The van der Waals surface area contributed by atoms with Crippen molar-refractivity contribution in [2.45, 2.75) is 0 Å². The van der Waals surface area contributed by atoms with E-state index in [2.05, 4.69) is 68.6 Å². The number of aromatic nitrogens is 2. The van der Waals surface area contributed by atoms with E-state index < -0.39 is 0 Å². The Balaban J connectivity index is 0.00000267. The van der Waals surface area contributed by atoms with Crippen molar-refractivity contribution in [2.24, 2.45) is 34.6 Å². The van der Waals surface area contributed by atoms with E-state index in [1.54, 1.807) is 22.7 Å². The number of hydrogen-bond donors (Lipinski definition) is 0. The number of halogens is 2. The first-order valence-corrected chi connectivity index (χ1v) is 13.7. The first-order chi connectivity index (χ1) is 18.0. The van der Waals surface area contributed by atoms with Crippen LogP contribution in [0.2, 0.25) is 0 Å². The molecule has 208 valence electrons. The molecule has 0 aliphatic rings. The van der Waals surface area contributed by atoms with Crippen molar-refractivity contribution in [1.29, 1.82) is 0 Å². The smallest absolute Gasteiger partial charge is 0.408 e. The molecule has 0 saturated heterocycles. The van der Waals surface area contributed by atoms with Gasteiger partial charge in [-0.1, -0.05) is 0 Å². The Morgan fingerprint density at radius 1 is 0.641 bits per heavy atom. The van der Waals surface area contributed by atoms with Crippen LogP contribution in [-0.4, -0.2) is 40.4 Å². The summed E-state index contributed by atoms with van der Waals surface area (Å²) < 4.78 is 9.79. The summed E-state index contributed by atoms with van der Waals surface area (Å²) in [6.45, 7) is 2.91. The summed E-state index contributed by atoms with van der Waals surface area (Å²) in [5.74, 6) is 0. The summed E-state index contributed by atoms with van der Waals surface area (Å²) in [6.07, 6.45) is 3.94. The number of hydrogen-bond acceptors (Lipinski definition) is 9. The number of nitrogens with zero attached hydrogens (tertiary/aromatic N) is 8. The molecule has 0 bridgehead atoms. The fourth-order valence-corrected chi connectivity index (χ4v) is 4.72. The van der Waals surface area contributed by atoms with Crippen molar-refractivity contribution in [3.05, 3.63) is 71.7 Å². The second-order valence-electron chi connectivity index (χ2n) is 8.48. The van der Waals surface area contributed by atoms with Crippen molar-refractivity contribution in [1.82, 2.24) is 0 Å². The monoisotopic (exact) mass is 606 g/mol. The molecule has 0 N–H and O–H groups in total. The van der Waals surface area contributed by atoms with Gasteiger partial charge in [0, 0.05) is 49.3 Å². The average molecular weight is 608 g/mol. The lowest BCUT2D eigenvalue weighted by Crippen LogP contribution is -3.00. The molecule has 0 aliphatic heterocycles. The average Bonchev–Trinajstić information content (AvgIpc) is 3.53. The van der Waals surface area contributed by atoms with E-state index >= 15 is 0 Å². The van der Waals surface area contributed by atoms with E-state index in [0.29, 0.717) is 13.2 Å². The second-order valence-corrected chi connectivity index (χ2v) is 10.2. The lowest BCUT2D eigenvalue weighted by Gasteiger charge is -2.21. The lowest BCUT2D eigenvalue weighted by atomic mass is 10.2. The predicted octanol–water partition coefficient (Wildman–Crippen LogP) is -0.113. The van der Waals surface area contributed by atoms with E-state index in [9.17, 15) is 0 Å². The number of anilines is 2. The zero-order valence-electron chi connectivity index (χ0n) is 22.3. The Hall–Kier alpha value is -2.96. The van der Waals surface area contributed by atoms with Gasteiger partial charge in [0.25, 0.3) is 0 Å². The minimum absolute atomic E-state index is 0. The summed E-state index contributed by atoms with van der Waals surface area (Å²) in [6, 6.07) is 16.1. The Bertz CT molecular complexity index is 1220. The zero-order chi connectivity index (χ0) is 26.0. The molecule has 0 spiro atoms. The Labute approximate surface area is 249 Å². The van der Waals surface area contributed by atoms with Gasteiger partial charge in [-0.05, 0) is 81.4 Å². The number of rotatable bonds is 12. The van der Waals surface area contributed by atoms with E-state index in [-0.39, 0.29) is 24.8 Å². The molecule has 39 heavy (non-hydrogen) atoms. The molecule has 0 radical (unpaired) electrons. The molecule has 13 heteroatoms. The Kier molecular flexibility index (Phi) is 13.4. The topological polar surface area (TPSA) is 72.9 Å². The van der Waals surface area contributed by atoms with E-state index in [1.165, 1.54) is 0 Å².